The average molecular weight is 424 g/mol. The van der Waals surface area contributed by atoms with Gasteiger partial charge in [0, 0.05) is 25.3 Å². The minimum Gasteiger partial charge on any atom is -0.497 e. The molecule has 3 rings (SSSR count). The number of benzene rings is 2. The third-order valence-electron chi connectivity index (χ3n) is 5.40. The van der Waals surface area contributed by atoms with Crippen LogP contribution in [-0.2, 0) is 16.0 Å². The Morgan fingerprint density at radius 2 is 1.71 bits per heavy atom. The van der Waals surface area contributed by atoms with Gasteiger partial charge in [0.2, 0.25) is 5.91 Å². The molecule has 1 aliphatic heterocycles. The Balaban J connectivity index is 1.92. The molecule has 1 aliphatic rings. The van der Waals surface area contributed by atoms with Gasteiger partial charge in [0.1, 0.15) is 11.5 Å². The number of aryl methyl sites for hydroxylation is 1. The van der Waals surface area contributed by atoms with Crippen LogP contribution in [0.5, 0.6) is 11.5 Å². The number of nitrogens with zero attached hydrogens (tertiary/aromatic N) is 2. The largest absolute Gasteiger partial charge is 0.497 e. The SMILES string of the molecule is CCc1ccc(C2=NN(C(=O)CCCC(=O)O)[C@H](c3cc(OC)cc(OC)c3)C2)cc1. The fourth-order valence-corrected chi connectivity index (χ4v) is 3.63. The van der Waals surface area contributed by atoms with Crippen LogP contribution in [0, 0.1) is 0 Å². The van der Waals surface area contributed by atoms with Crippen LogP contribution >= 0.6 is 0 Å². The van der Waals surface area contributed by atoms with Crippen molar-refractivity contribution in [2.24, 2.45) is 5.10 Å². The highest BCUT2D eigenvalue weighted by molar-refractivity contribution is 6.03. The van der Waals surface area contributed by atoms with E-state index < -0.39 is 5.97 Å². The summed E-state index contributed by atoms with van der Waals surface area (Å²) in [4.78, 5) is 23.8. The van der Waals surface area contributed by atoms with E-state index in [1.807, 2.05) is 24.3 Å². The molecule has 1 amide bonds. The molecule has 1 atom stereocenters. The summed E-state index contributed by atoms with van der Waals surface area (Å²) in [6.45, 7) is 2.10. The Morgan fingerprint density at radius 3 is 2.26 bits per heavy atom. The number of hydrogen-bond acceptors (Lipinski definition) is 5. The number of hydrogen-bond donors (Lipinski definition) is 1. The number of aliphatic carboxylic acids is 1. The number of carboxylic acid groups (broad SMARTS) is 1. The maximum absolute atomic E-state index is 13.0. The van der Waals surface area contributed by atoms with Gasteiger partial charge in [0.15, 0.2) is 0 Å². The number of amides is 1. The van der Waals surface area contributed by atoms with Crippen LogP contribution in [-0.4, -0.2) is 41.9 Å². The first kappa shape index (κ1) is 22.3. The molecule has 0 saturated heterocycles. The molecule has 164 valence electrons. The second-order valence-corrected chi connectivity index (χ2v) is 7.45. The fourth-order valence-electron chi connectivity index (χ4n) is 3.63. The van der Waals surface area contributed by atoms with Crippen LogP contribution in [0.2, 0.25) is 0 Å². The highest BCUT2D eigenvalue weighted by atomic mass is 16.5. The van der Waals surface area contributed by atoms with Crippen molar-refractivity contribution in [1.82, 2.24) is 5.01 Å². The molecule has 2 aromatic carbocycles. The standard InChI is InChI=1S/C24H28N2O5/c1-4-16-8-10-17(11-9-16)21-15-22(18-12-19(30-2)14-20(13-18)31-3)26(25-21)23(27)6-5-7-24(28)29/h8-14,22H,4-7,15H2,1-3H3,(H,28,29)/t22-/m0/s1. The molecule has 0 fully saturated rings. The zero-order chi connectivity index (χ0) is 22.4. The van der Waals surface area contributed by atoms with Crippen LogP contribution in [0.3, 0.4) is 0 Å². The van der Waals surface area contributed by atoms with E-state index in [1.54, 1.807) is 20.3 Å². The quantitative estimate of drug-likeness (QED) is 0.652. The lowest BCUT2D eigenvalue weighted by Crippen LogP contribution is -2.27. The Hall–Kier alpha value is -3.35. The van der Waals surface area contributed by atoms with E-state index in [0.29, 0.717) is 17.9 Å². The van der Waals surface area contributed by atoms with E-state index in [4.69, 9.17) is 14.6 Å². The first-order chi connectivity index (χ1) is 14.9. The van der Waals surface area contributed by atoms with Crippen molar-refractivity contribution < 1.29 is 24.2 Å². The third-order valence-corrected chi connectivity index (χ3v) is 5.40. The molecule has 7 heteroatoms. The van der Waals surface area contributed by atoms with Crippen molar-refractivity contribution in [2.45, 2.75) is 45.1 Å². The maximum atomic E-state index is 13.0. The molecule has 31 heavy (non-hydrogen) atoms. The van der Waals surface area contributed by atoms with Gasteiger partial charge in [-0.1, -0.05) is 31.2 Å². The molecule has 2 aromatic rings. The normalized spacial score (nSPS) is 15.5. The lowest BCUT2D eigenvalue weighted by atomic mass is 9.97. The van der Waals surface area contributed by atoms with Crippen LogP contribution < -0.4 is 9.47 Å². The summed E-state index contributed by atoms with van der Waals surface area (Å²) in [7, 11) is 3.17. The van der Waals surface area contributed by atoms with Gasteiger partial charge in [-0.05, 0) is 41.7 Å². The number of ether oxygens (including phenoxy) is 2. The predicted octanol–water partition coefficient (Wildman–Crippen LogP) is 4.20. The number of hydrazone groups is 1. The fraction of sp³-hybridized carbons (Fsp3) is 0.375. The van der Waals surface area contributed by atoms with E-state index in [0.717, 1.165) is 23.3 Å². The van der Waals surface area contributed by atoms with Crippen molar-refractivity contribution in [2.75, 3.05) is 14.2 Å². The first-order valence-corrected chi connectivity index (χ1v) is 10.4. The number of methoxy groups -OCH3 is 2. The van der Waals surface area contributed by atoms with Crippen LogP contribution in [0.1, 0.15) is 55.3 Å². The van der Waals surface area contributed by atoms with Gasteiger partial charge < -0.3 is 14.6 Å². The van der Waals surface area contributed by atoms with E-state index >= 15 is 0 Å². The zero-order valence-corrected chi connectivity index (χ0v) is 18.1. The van der Waals surface area contributed by atoms with Gasteiger partial charge in [-0.15, -0.1) is 0 Å². The molecule has 0 bridgehead atoms. The van der Waals surface area contributed by atoms with Crippen LogP contribution in [0.4, 0.5) is 0 Å². The monoisotopic (exact) mass is 424 g/mol. The lowest BCUT2D eigenvalue weighted by molar-refractivity contribution is -0.137. The van der Waals surface area contributed by atoms with Gasteiger partial charge in [-0.2, -0.15) is 5.10 Å². The molecule has 0 spiro atoms. The Bertz CT molecular complexity index is 946. The van der Waals surface area contributed by atoms with Gasteiger partial charge >= 0.3 is 5.97 Å². The topological polar surface area (TPSA) is 88.4 Å². The number of carbonyl (C=O) groups is 2. The Labute approximate surface area is 182 Å². The molecular formula is C24H28N2O5. The second kappa shape index (κ2) is 10.1. The number of rotatable bonds is 9. The Morgan fingerprint density at radius 1 is 1.06 bits per heavy atom. The van der Waals surface area contributed by atoms with E-state index in [9.17, 15) is 9.59 Å². The van der Waals surface area contributed by atoms with Crippen LogP contribution in [0.25, 0.3) is 0 Å². The second-order valence-electron chi connectivity index (χ2n) is 7.45. The van der Waals surface area contributed by atoms with Crippen molar-refractivity contribution in [3.05, 3.63) is 59.2 Å². The number of carboxylic acids is 1. The molecular weight excluding hydrogens is 396 g/mol. The van der Waals surface area contributed by atoms with Gasteiger partial charge in [-0.3, -0.25) is 9.59 Å². The molecule has 0 radical (unpaired) electrons. The molecule has 0 saturated carbocycles. The smallest absolute Gasteiger partial charge is 0.303 e. The highest BCUT2D eigenvalue weighted by Gasteiger charge is 2.33. The summed E-state index contributed by atoms with van der Waals surface area (Å²) in [5.74, 6) is 0.151. The molecule has 0 aromatic heterocycles. The first-order valence-electron chi connectivity index (χ1n) is 10.4. The van der Waals surface area contributed by atoms with Gasteiger partial charge in [0.25, 0.3) is 0 Å². The highest BCUT2D eigenvalue weighted by Crippen LogP contribution is 2.37. The van der Waals surface area contributed by atoms with Crippen molar-refractivity contribution in [3.8, 4) is 11.5 Å². The molecule has 0 aliphatic carbocycles. The third kappa shape index (κ3) is 5.42. The molecule has 0 unspecified atom stereocenters. The summed E-state index contributed by atoms with van der Waals surface area (Å²) in [5.41, 5.74) is 3.88. The molecule has 7 nitrogen and oxygen atoms in total. The summed E-state index contributed by atoms with van der Waals surface area (Å²) in [5, 5.41) is 15.0. The van der Waals surface area contributed by atoms with Crippen molar-refractivity contribution >= 4 is 17.6 Å². The van der Waals surface area contributed by atoms with E-state index in [1.165, 1.54) is 10.6 Å². The molecule has 1 N–H and O–H groups in total. The maximum Gasteiger partial charge on any atom is 0.303 e. The summed E-state index contributed by atoms with van der Waals surface area (Å²) < 4.78 is 10.8. The summed E-state index contributed by atoms with van der Waals surface area (Å²) in [6, 6.07) is 13.4. The zero-order valence-electron chi connectivity index (χ0n) is 18.1. The lowest BCUT2D eigenvalue weighted by Gasteiger charge is -2.23. The molecule has 1 heterocycles. The summed E-state index contributed by atoms with van der Waals surface area (Å²) >= 11 is 0. The number of carbonyl (C=O) groups excluding carboxylic acids is 1. The predicted molar refractivity (Wildman–Crippen MR) is 118 cm³/mol. The minimum absolute atomic E-state index is 0.0493. The van der Waals surface area contributed by atoms with Crippen molar-refractivity contribution in [3.63, 3.8) is 0 Å². The van der Waals surface area contributed by atoms with Gasteiger partial charge in [0.05, 0.1) is 26.0 Å². The average Bonchev–Trinajstić information content (AvgIpc) is 3.24. The van der Waals surface area contributed by atoms with E-state index in [2.05, 4.69) is 24.2 Å². The van der Waals surface area contributed by atoms with Gasteiger partial charge in [-0.25, -0.2) is 5.01 Å². The summed E-state index contributed by atoms with van der Waals surface area (Å²) in [6.07, 6.45) is 1.84. The minimum atomic E-state index is -0.913. The van der Waals surface area contributed by atoms with Crippen molar-refractivity contribution in [1.29, 1.82) is 0 Å². The Kier molecular flexibility index (Phi) is 7.28. The van der Waals surface area contributed by atoms with E-state index in [-0.39, 0.29) is 31.2 Å². The van der Waals surface area contributed by atoms with Crippen LogP contribution in [0.15, 0.2) is 47.6 Å².